The van der Waals surface area contributed by atoms with E-state index in [-0.39, 0.29) is 12.4 Å². The molecule has 0 saturated carbocycles. The van der Waals surface area contributed by atoms with E-state index in [1.807, 2.05) is 72.8 Å². The molecule has 5 nitrogen and oxygen atoms in total. The van der Waals surface area contributed by atoms with Gasteiger partial charge in [-0.1, -0.05) is 30.3 Å². The normalized spacial score (nSPS) is 10.7. The van der Waals surface area contributed by atoms with Gasteiger partial charge >= 0.3 is 5.97 Å². The lowest BCUT2D eigenvalue weighted by atomic mass is 10.1. The predicted molar refractivity (Wildman–Crippen MR) is 109 cm³/mol. The molecule has 0 atom stereocenters. The fraction of sp³-hybridized carbons (Fsp3) is 0.125. The van der Waals surface area contributed by atoms with E-state index in [1.54, 1.807) is 6.26 Å². The van der Waals surface area contributed by atoms with Crippen molar-refractivity contribution in [3.63, 3.8) is 0 Å². The molecular weight excluding hydrogens is 368 g/mol. The van der Waals surface area contributed by atoms with Crippen LogP contribution in [0.1, 0.15) is 11.1 Å². The van der Waals surface area contributed by atoms with Gasteiger partial charge in [-0.3, -0.25) is 4.79 Å². The average molecular weight is 388 g/mol. The van der Waals surface area contributed by atoms with Crippen molar-refractivity contribution < 1.29 is 23.4 Å². The quantitative estimate of drug-likeness (QED) is 0.390. The second kappa shape index (κ2) is 8.52. The molecule has 4 rings (SSSR count). The third-order valence-corrected chi connectivity index (χ3v) is 4.47. The van der Waals surface area contributed by atoms with Crippen molar-refractivity contribution >= 4 is 16.9 Å². The lowest BCUT2D eigenvalue weighted by molar-refractivity contribution is -0.139. The number of benzene rings is 3. The molecule has 29 heavy (non-hydrogen) atoms. The van der Waals surface area contributed by atoms with Gasteiger partial charge in [0.25, 0.3) is 0 Å². The predicted octanol–water partition coefficient (Wildman–Crippen LogP) is 5.52. The Balaban J connectivity index is 1.43. The van der Waals surface area contributed by atoms with Crippen LogP contribution in [-0.4, -0.2) is 13.1 Å². The number of hydrogen-bond donors (Lipinski definition) is 0. The Morgan fingerprint density at radius 1 is 0.897 bits per heavy atom. The number of furan rings is 1. The lowest BCUT2D eigenvalue weighted by Gasteiger charge is -2.09. The SMILES string of the molecule is COC(=O)Cc1coc2cc(OCc3cccc(Oc4ccccc4)c3)ccc12. The molecular formula is C24H20O5. The van der Waals surface area contributed by atoms with Gasteiger partial charge in [-0.2, -0.15) is 0 Å². The Morgan fingerprint density at radius 3 is 2.55 bits per heavy atom. The Hall–Kier alpha value is -3.73. The van der Waals surface area contributed by atoms with E-state index >= 15 is 0 Å². The molecule has 4 aromatic rings. The van der Waals surface area contributed by atoms with Gasteiger partial charge in [0.1, 0.15) is 29.4 Å². The smallest absolute Gasteiger partial charge is 0.310 e. The summed E-state index contributed by atoms with van der Waals surface area (Å²) in [5.41, 5.74) is 2.45. The van der Waals surface area contributed by atoms with Crippen molar-refractivity contribution in [2.45, 2.75) is 13.0 Å². The highest BCUT2D eigenvalue weighted by Crippen LogP contribution is 2.27. The van der Waals surface area contributed by atoms with E-state index < -0.39 is 0 Å². The molecule has 1 heterocycles. The number of hydrogen-bond acceptors (Lipinski definition) is 5. The van der Waals surface area contributed by atoms with Crippen LogP contribution in [-0.2, 0) is 22.6 Å². The number of rotatable bonds is 7. The van der Waals surface area contributed by atoms with Crippen LogP contribution in [0.25, 0.3) is 11.0 Å². The van der Waals surface area contributed by atoms with E-state index in [2.05, 4.69) is 0 Å². The molecule has 5 heteroatoms. The minimum absolute atomic E-state index is 0.178. The van der Waals surface area contributed by atoms with Gasteiger partial charge < -0.3 is 18.6 Å². The zero-order valence-electron chi connectivity index (χ0n) is 16.0. The van der Waals surface area contributed by atoms with Crippen LogP contribution in [0.5, 0.6) is 17.2 Å². The third kappa shape index (κ3) is 4.58. The fourth-order valence-corrected chi connectivity index (χ4v) is 3.01. The van der Waals surface area contributed by atoms with Crippen LogP contribution in [0, 0.1) is 0 Å². The number of carbonyl (C=O) groups excluding carboxylic acids is 1. The average Bonchev–Trinajstić information content (AvgIpc) is 3.15. The molecule has 146 valence electrons. The molecule has 0 radical (unpaired) electrons. The summed E-state index contributed by atoms with van der Waals surface area (Å²) in [5, 5.41) is 0.876. The maximum atomic E-state index is 11.5. The lowest BCUT2D eigenvalue weighted by Crippen LogP contribution is -2.03. The first-order valence-electron chi connectivity index (χ1n) is 9.23. The Kier molecular flexibility index (Phi) is 5.47. The summed E-state index contributed by atoms with van der Waals surface area (Å²) >= 11 is 0. The van der Waals surface area contributed by atoms with Crippen molar-refractivity contribution in [2.24, 2.45) is 0 Å². The fourth-order valence-electron chi connectivity index (χ4n) is 3.01. The Bertz CT molecular complexity index is 1110. The summed E-state index contributed by atoms with van der Waals surface area (Å²) in [6.45, 7) is 0.396. The maximum absolute atomic E-state index is 11.5. The number of methoxy groups -OCH3 is 1. The van der Waals surface area contributed by atoms with Crippen LogP contribution in [0.2, 0.25) is 0 Å². The van der Waals surface area contributed by atoms with Crippen LogP contribution >= 0.6 is 0 Å². The summed E-state index contributed by atoms with van der Waals surface area (Å²) in [4.78, 5) is 11.5. The standard InChI is InChI=1S/C24H20O5/c1-26-24(25)13-18-16-28-23-14-20(10-11-22(18)23)27-15-17-6-5-9-21(12-17)29-19-7-3-2-4-8-19/h2-12,14,16H,13,15H2,1H3. The molecule has 1 aromatic heterocycles. The first kappa shape index (κ1) is 18.6. The Morgan fingerprint density at radius 2 is 1.72 bits per heavy atom. The first-order chi connectivity index (χ1) is 14.2. The second-order valence-corrected chi connectivity index (χ2v) is 6.52. The molecule has 0 aliphatic rings. The van der Waals surface area contributed by atoms with Gasteiger partial charge in [0.2, 0.25) is 0 Å². The molecule has 0 bridgehead atoms. The van der Waals surface area contributed by atoms with Crippen LogP contribution < -0.4 is 9.47 Å². The minimum atomic E-state index is -0.300. The second-order valence-electron chi connectivity index (χ2n) is 6.52. The van der Waals surface area contributed by atoms with Gasteiger partial charge in [-0.25, -0.2) is 0 Å². The van der Waals surface area contributed by atoms with Crippen molar-refractivity contribution in [1.29, 1.82) is 0 Å². The summed E-state index contributed by atoms with van der Waals surface area (Å²) in [6.07, 6.45) is 1.76. The maximum Gasteiger partial charge on any atom is 0.310 e. The van der Waals surface area contributed by atoms with Gasteiger partial charge in [0.15, 0.2) is 0 Å². The molecule has 0 N–H and O–H groups in total. The summed E-state index contributed by atoms with van der Waals surface area (Å²) < 4.78 is 22.1. The molecule has 0 spiro atoms. The van der Waals surface area contributed by atoms with E-state index in [1.165, 1.54) is 7.11 Å². The van der Waals surface area contributed by atoms with Crippen molar-refractivity contribution in [1.82, 2.24) is 0 Å². The first-order valence-corrected chi connectivity index (χ1v) is 9.23. The zero-order chi connectivity index (χ0) is 20.1. The van der Waals surface area contributed by atoms with Crippen molar-refractivity contribution in [2.75, 3.05) is 7.11 Å². The number of carbonyl (C=O) groups is 1. The monoisotopic (exact) mass is 388 g/mol. The largest absolute Gasteiger partial charge is 0.489 e. The van der Waals surface area contributed by atoms with Crippen LogP contribution in [0.15, 0.2) is 83.5 Å². The van der Waals surface area contributed by atoms with Crippen LogP contribution in [0.4, 0.5) is 0 Å². The summed E-state index contributed by atoms with van der Waals surface area (Å²) in [5.74, 6) is 1.93. The minimum Gasteiger partial charge on any atom is -0.489 e. The van der Waals surface area contributed by atoms with Crippen molar-refractivity contribution in [3.8, 4) is 17.2 Å². The zero-order valence-corrected chi connectivity index (χ0v) is 16.0. The number of ether oxygens (including phenoxy) is 3. The molecule has 0 unspecified atom stereocenters. The molecule has 3 aromatic carbocycles. The topological polar surface area (TPSA) is 57.9 Å². The molecule has 0 saturated heterocycles. The van der Waals surface area contributed by atoms with E-state index in [0.717, 1.165) is 28.0 Å². The third-order valence-electron chi connectivity index (χ3n) is 4.47. The van der Waals surface area contributed by atoms with Gasteiger partial charge in [-0.05, 0) is 42.0 Å². The van der Waals surface area contributed by atoms with E-state index in [9.17, 15) is 4.79 Å². The number of para-hydroxylation sites is 1. The summed E-state index contributed by atoms with van der Waals surface area (Å²) in [6, 6.07) is 23.0. The Labute approximate surface area is 168 Å². The van der Waals surface area contributed by atoms with Gasteiger partial charge in [-0.15, -0.1) is 0 Å². The number of esters is 1. The van der Waals surface area contributed by atoms with E-state index in [0.29, 0.717) is 17.9 Å². The molecule has 0 amide bonds. The molecule has 0 aliphatic heterocycles. The van der Waals surface area contributed by atoms with Crippen molar-refractivity contribution in [3.05, 3.63) is 90.2 Å². The highest BCUT2D eigenvalue weighted by atomic mass is 16.5. The molecule has 0 aliphatic carbocycles. The highest BCUT2D eigenvalue weighted by Gasteiger charge is 2.11. The van der Waals surface area contributed by atoms with Gasteiger partial charge in [0.05, 0.1) is 19.8 Å². The van der Waals surface area contributed by atoms with Crippen LogP contribution in [0.3, 0.4) is 0 Å². The summed E-state index contributed by atoms with van der Waals surface area (Å²) in [7, 11) is 1.37. The highest BCUT2D eigenvalue weighted by molar-refractivity contribution is 5.86. The van der Waals surface area contributed by atoms with E-state index in [4.69, 9.17) is 18.6 Å². The molecule has 0 fully saturated rings. The number of fused-ring (bicyclic) bond motifs is 1. The van der Waals surface area contributed by atoms with Gasteiger partial charge in [0, 0.05) is 17.0 Å².